The monoisotopic (exact) mass is 258 g/mol. The zero-order valence-corrected chi connectivity index (χ0v) is 11.9. The van der Waals surface area contributed by atoms with Gasteiger partial charge in [-0.15, -0.1) is 0 Å². The predicted octanol–water partition coefficient (Wildman–Crippen LogP) is 4.23. The van der Waals surface area contributed by atoms with Gasteiger partial charge in [0.2, 0.25) is 0 Å². The molecule has 1 fully saturated rings. The Balaban J connectivity index is 2.20. The lowest BCUT2D eigenvalue weighted by molar-refractivity contribution is -0.154. The summed E-state index contributed by atoms with van der Waals surface area (Å²) in [6, 6.07) is 10.2. The number of allylic oxidation sites excluding steroid dienone is 1. The van der Waals surface area contributed by atoms with Crippen LogP contribution >= 0.6 is 0 Å². The van der Waals surface area contributed by atoms with E-state index in [4.69, 9.17) is 0 Å². The van der Waals surface area contributed by atoms with Crippen LogP contribution < -0.4 is 0 Å². The summed E-state index contributed by atoms with van der Waals surface area (Å²) in [5, 5.41) is 9.49. The first-order valence-electron chi connectivity index (χ1n) is 6.84. The van der Waals surface area contributed by atoms with E-state index < -0.39 is 11.4 Å². The van der Waals surface area contributed by atoms with Crippen molar-refractivity contribution in [3.05, 3.63) is 42.0 Å². The first-order chi connectivity index (χ1) is 8.88. The minimum Gasteiger partial charge on any atom is -0.481 e. The van der Waals surface area contributed by atoms with Crippen LogP contribution in [-0.4, -0.2) is 11.1 Å². The quantitative estimate of drug-likeness (QED) is 0.881. The van der Waals surface area contributed by atoms with Gasteiger partial charge < -0.3 is 5.11 Å². The molecule has 0 heterocycles. The Kier molecular flexibility index (Phi) is 3.53. The average molecular weight is 258 g/mol. The van der Waals surface area contributed by atoms with E-state index in [2.05, 4.69) is 38.1 Å². The summed E-state index contributed by atoms with van der Waals surface area (Å²) in [6.45, 7) is 6.04. The molecule has 0 radical (unpaired) electrons. The molecule has 0 unspecified atom stereocenters. The SMILES string of the molecule is CC1(C)[C@@H](C=Cc2ccccc2)CC[C@@]1(C)C(=O)O. The van der Waals surface area contributed by atoms with E-state index in [0.717, 1.165) is 12.8 Å². The third-order valence-electron chi connectivity index (χ3n) is 5.10. The van der Waals surface area contributed by atoms with Gasteiger partial charge in [-0.25, -0.2) is 0 Å². The second kappa shape index (κ2) is 4.84. The van der Waals surface area contributed by atoms with Gasteiger partial charge in [-0.1, -0.05) is 56.3 Å². The summed E-state index contributed by atoms with van der Waals surface area (Å²) in [6.07, 6.45) is 5.99. The molecule has 2 rings (SSSR count). The highest BCUT2D eigenvalue weighted by molar-refractivity contribution is 5.76. The Hall–Kier alpha value is -1.57. The lowest BCUT2D eigenvalue weighted by Gasteiger charge is -2.37. The highest BCUT2D eigenvalue weighted by Gasteiger charge is 2.55. The Morgan fingerprint density at radius 1 is 1.26 bits per heavy atom. The largest absolute Gasteiger partial charge is 0.481 e. The highest BCUT2D eigenvalue weighted by atomic mass is 16.4. The van der Waals surface area contributed by atoms with Crippen LogP contribution in [0, 0.1) is 16.7 Å². The summed E-state index contributed by atoms with van der Waals surface area (Å²) >= 11 is 0. The van der Waals surface area contributed by atoms with Gasteiger partial charge in [0.1, 0.15) is 0 Å². The molecule has 2 atom stereocenters. The number of carbonyl (C=O) groups is 1. The standard InChI is InChI=1S/C17H22O2/c1-16(2)14(11-12-17(16,3)15(18)19)10-9-13-7-5-4-6-8-13/h4-10,14H,11-12H2,1-3H3,(H,18,19)/t14-,17-/m0/s1. The third-order valence-corrected chi connectivity index (χ3v) is 5.10. The zero-order valence-electron chi connectivity index (χ0n) is 11.9. The molecule has 1 N–H and O–H groups in total. The number of hydrogen-bond acceptors (Lipinski definition) is 1. The highest BCUT2D eigenvalue weighted by Crippen LogP contribution is 2.56. The first kappa shape index (κ1) is 13.9. The van der Waals surface area contributed by atoms with Gasteiger partial charge in [-0.3, -0.25) is 4.79 Å². The molecule has 102 valence electrons. The van der Waals surface area contributed by atoms with Gasteiger partial charge in [0.05, 0.1) is 5.41 Å². The van der Waals surface area contributed by atoms with E-state index in [9.17, 15) is 9.90 Å². The van der Waals surface area contributed by atoms with E-state index in [1.54, 1.807) is 0 Å². The molecule has 0 spiro atoms. The van der Waals surface area contributed by atoms with E-state index >= 15 is 0 Å². The van der Waals surface area contributed by atoms with Crippen molar-refractivity contribution < 1.29 is 9.90 Å². The predicted molar refractivity (Wildman–Crippen MR) is 77.7 cm³/mol. The first-order valence-corrected chi connectivity index (χ1v) is 6.84. The van der Waals surface area contributed by atoms with Crippen molar-refractivity contribution in [2.24, 2.45) is 16.7 Å². The van der Waals surface area contributed by atoms with Crippen LogP contribution in [0.25, 0.3) is 6.08 Å². The summed E-state index contributed by atoms with van der Waals surface area (Å²) < 4.78 is 0. The molecule has 2 heteroatoms. The minimum absolute atomic E-state index is 0.218. The molecule has 0 bridgehead atoms. The lowest BCUT2D eigenvalue weighted by atomic mass is 9.65. The Bertz CT molecular complexity index is 487. The van der Waals surface area contributed by atoms with Crippen molar-refractivity contribution in [3.63, 3.8) is 0 Å². The van der Waals surface area contributed by atoms with Crippen molar-refractivity contribution in [2.45, 2.75) is 33.6 Å². The Labute approximate surface area is 115 Å². The van der Waals surface area contributed by atoms with Crippen LogP contribution in [0.1, 0.15) is 39.2 Å². The third kappa shape index (κ3) is 2.32. The number of rotatable bonds is 3. The number of carboxylic acids is 1. The molecule has 1 saturated carbocycles. The van der Waals surface area contributed by atoms with Crippen molar-refractivity contribution in [3.8, 4) is 0 Å². The van der Waals surface area contributed by atoms with Crippen LogP contribution in [0.5, 0.6) is 0 Å². The summed E-state index contributed by atoms with van der Waals surface area (Å²) in [5.74, 6) is -0.359. The van der Waals surface area contributed by atoms with Gasteiger partial charge in [-0.05, 0) is 36.7 Å². The van der Waals surface area contributed by atoms with E-state index in [0.29, 0.717) is 5.92 Å². The molecule has 0 aliphatic heterocycles. The van der Waals surface area contributed by atoms with E-state index in [1.165, 1.54) is 5.56 Å². The maximum atomic E-state index is 11.5. The zero-order chi connectivity index (χ0) is 14.1. The fourth-order valence-electron chi connectivity index (χ4n) is 3.05. The number of aliphatic carboxylic acids is 1. The van der Waals surface area contributed by atoms with Crippen molar-refractivity contribution in [1.29, 1.82) is 0 Å². The molecule has 19 heavy (non-hydrogen) atoms. The number of carboxylic acid groups (broad SMARTS) is 1. The topological polar surface area (TPSA) is 37.3 Å². The van der Waals surface area contributed by atoms with E-state index in [1.807, 2.05) is 25.1 Å². The van der Waals surface area contributed by atoms with E-state index in [-0.39, 0.29) is 5.41 Å². The fraction of sp³-hybridized carbons (Fsp3) is 0.471. The molecule has 1 aliphatic rings. The van der Waals surface area contributed by atoms with Gasteiger partial charge >= 0.3 is 5.97 Å². The average Bonchev–Trinajstić information content (AvgIpc) is 2.61. The fourth-order valence-corrected chi connectivity index (χ4v) is 3.05. The molecule has 0 aromatic heterocycles. The van der Waals surface area contributed by atoms with Crippen LogP contribution in [0.4, 0.5) is 0 Å². The minimum atomic E-state index is -0.673. The van der Waals surface area contributed by atoms with Crippen molar-refractivity contribution >= 4 is 12.0 Å². The summed E-state index contributed by atoms with van der Waals surface area (Å²) in [7, 11) is 0. The Morgan fingerprint density at radius 2 is 1.89 bits per heavy atom. The molecule has 1 aromatic rings. The molecule has 2 nitrogen and oxygen atoms in total. The van der Waals surface area contributed by atoms with Gasteiger partial charge in [-0.2, -0.15) is 0 Å². The lowest BCUT2D eigenvalue weighted by Crippen LogP contribution is -2.40. The van der Waals surface area contributed by atoms with Crippen molar-refractivity contribution in [1.82, 2.24) is 0 Å². The maximum Gasteiger partial charge on any atom is 0.309 e. The van der Waals surface area contributed by atoms with Gasteiger partial charge in [0, 0.05) is 0 Å². The maximum absolute atomic E-state index is 11.5. The molecule has 1 aromatic carbocycles. The molecule has 0 amide bonds. The van der Waals surface area contributed by atoms with Crippen LogP contribution in [-0.2, 0) is 4.79 Å². The molecule has 1 aliphatic carbocycles. The summed E-state index contributed by atoms with van der Waals surface area (Å²) in [5.41, 5.74) is 0.324. The summed E-state index contributed by atoms with van der Waals surface area (Å²) in [4.78, 5) is 11.5. The second-order valence-electron chi connectivity index (χ2n) is 6.27. The normalized spacial score (nSPS) is 29.7. The van der Waals surface area contributed by atoms with Gasteiger partial charge in [0.25, 0.3) is 0 Å². The molecule has 0 saturated heterocycles. The number of benzene rings is 1. The van der Waals surface area contributed by atoms with Crippen molar-refractivity contribution in [2.75, 3.05) is 0 Å². The molecular weight excluding hydrogens is 236 g/mol. The van der Waals surface area contributed by atoms with Crippen LogP contribution in [0.3, 0.4) is 0 Å². The number of hydrogen-bond donors (Lipinski definition) is 1. The van der Waals surface area contributed by atoms with Crippen LogP contribution in [0.2, 0.25) is 0 Å². The molecular formula is C17H22O2. The second-order valence-corrected chi connectivity index (χ2v) is 6.27. The smallest absolute Gasteiger partial charge is 0.309 e. The van der Waals surface area contributed by atoms with Gasteiger partial charge in [0.15, 0.2) is 0 Å². The Morgan fingerprint density at radius 3 is 2.42 bits per heavy atom. The van der Waals surface area contributed by atoms with Crippen LogP contribution in [0.15, 0.2) is 36.4 Å².